The number of rotatable bonds is 14. The lowest BCUT2D eigenvalue weighted by Gasteiger charge is -2.29. The maximum atomic E-state index is 14.1. The van der Waals surface area contributed by atoms with Gasteiger partial charge in [-0.2, -0.15) is 0 Å². The molecule has 372 valence electrons. The summed E-state index contributed by atoms with van der Waals surface area (Å²) in [6.07, 6.45) is 4.74. The first-order valence-electron chi connectivity index (χ1n) is 25.5. The number of nitrogens with zero attached hydrogens (tertiary/aromatic N) is 2. The van der Waals surface area contributed by atoms with Crippen molar-refractivity contribution in [1.29, 1.82) is 0 Å². The van der Waals surface area contributed by atoms with Crippen LogP contribution in [0.3, 0.4) is 0 Å². The van der Waals surface area contributed by atoms with Crippen molar-refractivity contribution in [3.63, 3.8) is 0 Å². The molecule has 4 aromatic rings. The Morgan fingerprint density at radius 1 is 0.412 bits per heavy atom. The van der Waals surface area contributed by atoms with E-state index in [2.05, 4.69) is 159 Å². The molecule has 0 saturated heterocycles. The quantitative estimate of drug-likeness (QED) is 0.115. The average molecular weight is 931 g/mol. The number of phenols is 2. The van der Waals surface area contributed by atoms with Gasteiger partial charge in [-0.3, -0.25) is 9.59 Å². The van der Waals surface area contributed by atoms with Gasteiger partial charge in [0, 0.05) is 51.9 Å². The molecular weight excluding hydrogens is 845 g/mol. The SMILES string of the molecule is CCCN(CCC)C(=O)COc1c2cc(C(C)(C)C)cc1Cc1cc(C(C)(C)C)cc(c1OCC(=O)N(CCC)CCC)Cc1cc(C(C)(C)C)cc(c1O)Cc1cc(C(C)(C)C)cc(c1O)C2. The Labute approximate surface area is 410 Å². The van der Waals surface area contributed by atoms with E-state index in [4.69, 9.17) is 9.47 Å². The summed E-state index contributed by atoms with van der Waals surface area (Å²) in [5.41, 5.74) is 9.80. The number of aromatic hydroxyl groups is 2. The lowest BCUT2D eigenvalue weighted by atomic mass is 9.79. The number of ether oxygens (including phenoxy) is 2. The van der Waals surface area contributed by atoms with Crippen molar-refractivity contribution in [2.45, 2.75) is 184 Å². The number of benzene rings is 4. The second-order valence-electron chi connectivity index (χ2n) is 23.6. The highest BCUT2D eigenvalue weighted by Crippen LogP contribution is 2.44. The highest BCUT2D eigenvalue weighted by Gasteiger charge is 2.29. The predicted molar refractivity (Wildman–Crippen MR) is 280 cm³/mol. The van der Waals surface area contributed by atoms with Crippen molar-refractivity contribution >= 4 is 11.8 Å². The van der Waals surface area contributed by atoms with Crippen LogP contribution in [0.5, 0.6) is 23.0 Å². The van der Waals surface area contributed by atoms with E-state index in [0.29, 0.717) is 63.4 Å². The molecule has 8 bridgehead atoms. The maximum absolute atomic E-state index is 14.1. The third-order valence-electron chi connectivity index (χ3n) is 13.4. The van der Waals surface area contributed by atoms with E-state index in [-0.39, 0.29) is 58.2 Å². The predicted octanol–water partition coefficient (Wildman–Crippen LogP) is 13.0. The first kappa shape index (κ1) is 54.0. The molecule has 2 N–H and O–H groups in total. The number of amides is 2. The molecule has 8 heteroatoms. The van der Waals surface area contributed by atoms with Gasteiger partial charge in [0.2, 0.25) is 0 Å². The van der Waals surface area contributed by atoms with Crippen LogP contribution in [-0.2, 0) is 56.9 Å². The smallest absolute Gasteiger partial charge is 0.260 e. The summed E-state index contributed by atoms with van der Waals surface area (Å²) in [4.78, 5) is 31.9. The highest BCUT2D eigenvalue weighted by molar-refractivity contribution is 5.78. The van der Waals surface area contributed by atoms with Gasteiger partial charge in [-0.1, -0.05) is 159 Å². The Morgan fingerprint density at radius 3 is 0.838 bits per heavy atom. The minimum atomic E-state index is -0.268. The molecular formula is C60H86N2O6. The fraction of sp³-hybridized carbons (Fsp3) is 0.567. The first-order chi connectivity index (χ1) is 31.7. The number of hydrogen-bond acceptors (Lipinski definition) is 6. The van der Waals surface area contributed by atoms with Crippen LogP contribution >= 0.6 is 0 Å². The Morgan fingerprint density at radius 2 is 0.618 bits per heavy atom. The molecule has 0 fully saturated rings. The lowest BCUT2D eigenvalue weighted by molar-refractivity contribution is -0.134. The summed E-state index contributed by atoms with van der Waals surface area (Å²) in [5.74, 6) is 1.49. The zero-order valence-electron chi connectivity index (χ0n) is 44.9. The van der Waals surface area contributed by atoms with Gasteiger partial charge in [0.05, 0.1) is 0 Å². The van der Waals surface area contributed by atoms with E-state index in [9.17, 15) is 19.8 Å². The van der Waals surface area contributed by atoms with E-state index in [0.717, 1.165) is 92.4 Å². The fourth-order valence-electron chi connectivity index (χ4n) is 9.27. The third kappa shape index (κ3) is 13.2. The summed E-state index contributed by atoms with van der Waals surface area (Å²) in [6, 6.07) is 17.2. The van der Waals surface area contributed by atoms with Gasteiger partial charge < -0.3 is 29.5 Å². The van der Waals surface area contributed by atoms with Crippen LogP contribution in [0.4, 0.5) is 0 Å². The minimum absolute atomic E-state index is 0.0636. The lowest BCUT2D eigenvalue weighted by Crippen LogP contribution is -2.36. The Hall–Kier alpha value is -4.98. The number of phenolic OH excluding ortho intramolecular Hbond substituents is 2. The molecule has 0 atom stereocenters. The van der Waals surface area contributed by atoms with Gasteiger partial charge in [-0.15, -0.1) is 0 Å². The van der Waals surface area contributed by atoms with Gasteiger partial charge in [-0.05, 0) is 114 Å². The largest absolute Gasteiger partial charge is 0.507 e. The fourth-order valence-corrected chi connectivity index (χ4v) is 9.27. The Bertz CT molecular complexity index is 2240. The van der Waals surface area contributed by atoms with Crippen LogP contribution < -0.4 is 9.47 Å². The molecule has 8 nitrogen and oxygen atoms in total. The van der Waals surface area contributed by atoms with E-state index in [1.54, 1.807) is 0 Å². The van der Waals surface area contributed by atoms with Crippen molar-refractivity contribution in [1.82, 2.24) is 9.80 Å². The van der Waals surface area contributed by atoms with Crippen LogP contribution in [0.2, 0.25) is 0 Å². The number of carbonyl (C=O) groups is 2. The van der Waals surface area contributed by atoms with Crippen LogP contribution in [0.15, 0.2) is 48.5 Å². The molecule has 0 radical (unpaired) electrons. The number of fused-ring (bicyclic) bond motifs is 8. The van der Waals surface area contributed by atoms with Gasteiger partial charge in [0.15, 0.2) is 13.2 Å². The average Bonchev–Trinajstić information content (AvgIpc) is 3.23. The molecule has 0 saturated carbocycles. The number of carbonyl (C=O) groups excluding carboxylic acids is 2. The van der Waals surface area contributed by atoms with E-state index >= 15 is 0 Å². The van der Waals surface area contributed by atoms with Crippen molar-refractivity contribution in [3.8, 4) is 23.0 Å². The van der Waals surface area contributed by atoms with Crippen molar-refractivity contribution in [2.75, 3.05) is 39.4 Å². The molecule has 5 rings (SSSR count). The zero-order chi connectivity index (χ0) is 50.5. The van der Waals surface area contributed by atoms with Crippen molar-refractivity contribution in [3.05, 3.63) is 115 Å². The molecule has 4 aromatic carbocycles. The molecule has 0 aromatic heterocycles. The normalized spacial score (nSPS) is 13.3. The van der Waals surface area contributed by atoms with Crippen molar-refractivity contribution in [2.24, 2.45) is 0 Å². The topological polar surface area (TPSA) is 99.5 Å². The summed E-state index contributed by atoms with van der Waals surface area (Å²) in [7, 11) is 0. The maximum Gasteiger partial charge on any atom is 0.260 e. The van der Waals surface area contributed by atoms with Crippen molar-refractivity contribution < 1.29 is 29.3 Å². The monoisotopic (exact) mass is 931 g/mol. The molecule has 0 heterocycles. The highest BCUT2D eigenvalue weighted by atomic mass is 16.5. The van der Waals surface area contributed by atoms with E-state index in [1.807, 2.05) is 9.80 Å². The molecule has 0 unspecified atom stereocenters. The van der Waals surface area contributed by atoms with Gasteiger partial charge in [0.25, 0.3) is 11.8 Å². The van der Waals surface area contributed by atoms with Crippen LogP contribution in [0.1, 0.15) is 203 Å². The van der Waals surface area contributed by atoms with E-state index < -0.39 is 0 Å². The van der Waals surface area contributed by atoms with Gasteiger partial charge in [-0.25, -0.2) is 0 Å². The molecule has 1 aliphatic carbocycles. The second kappa shape index (κ2) is 21.8. The molecule has 0 spiro atoms. The second-order valence-corrected chi connectivity index (χ2v) is 23.6. The van der Waals surface area contributed by atoms with Crippen LogP contribution in [0, 0.1) is 0 Å². The van der Waals surface area contributed by atoms with Gasteiger partial charge >= 0.3 is 0 Å². The zero-order valence-corrected chi connectivity index (χ0v) is 44.9. The molecule has 1 aliphatic rings. The van der Waals surface area contributed by atoms with Crippen LogP contribution in [0.25, 0.3) is 0 Å². The summed E-state index contributed by atoms with van der Waals surface area (Å²) >= 11 is 0. The Balaban J connectivity index is 1.93. The minimum Gasteiger partial charge on any atom is -0.507 e. The third-order valence-corrected chi connectivity index (χ3v) is 13.4. The summed E-state index contributed by atoms with van der Waals surface area (Å²) in [6.45, 7) is 37.0. The summed E-state index contributed by atoms with van der Waals surface area (Å²) < 4.78 is 13.8. The first-order valence-corrected chi connectivity index (χ1v) is 25.5. The number of hydrogen-bond donors (Lipinski definition) is 2. The summed E-state index contributed by atoms with van der Waals surface area (Å²) in [5, 5.41) is 25.0. The van der Waals surface area contributed by atoms with Gasteiger partial charge in [0.1, 0.15) is 23.0 Å². The molecule has 2 amide bonds. The molecule has 0 aliphatic heterocycles. The Kier molecular flexibility index (Phi) is 17.3. The molecule has 68 heavy (non-hydrogen) atoms. The van der Waals surface area contributed by atoms with Crippen LogP contribution in [-0.4, -0.2) is 71.2 Å². The standard InChI is InChI=1S/C60H86N2O6/c1-17-21-61(22-18-2)51(63)37-67-55-43-26-41-31-47(57(5,6)7)29-39(53(41)65)25-40-30-48(58(8,9)10)32-42(54(40)66)27-44-34-50(60(14,15)16)36-46(28-45(55)35-49(33-43)59(11,12)13)56(44)68-38-52(64)62(23-19-3)24-20-4/h29-36,65-66H,17-28,37-38H2,1-16H3. The van der Waals surface area contributed by atoms with E-state index in [1.165, 1.54) is 0 Å².